The summed E-state index contributed by atoms with van der Waals surface area (Å²) in [5, 5.41) is 11.6. The Bertz CT molecular complexity index is 1010. The van der Waals surface area contributed by atoms with Crippen molar-refractivity contribution in [3.8, 4) is 0 Å². The van der Waals surface area contributed by atoms with Crippen LogP contribution in [0.2, 0.25) is 5.02 Å². The van der Waals surface area contributed by atoms with E-state index in [-0.39, 0.29) is 17.6 Å². The SMILES string of the molecule is CCc1nnc2n1N[C@@H](c1ccc(Cl)cc1)[C@@H](C(=O)Nc1ccccc1F)S2. The van der Waals surface area contributed by atoms with Gasteiger partial charge in [0.15, 0.2) is 5.82 Å². The molecular formula is C19H17ClFN5OS. The number of thioether (sulfide) groups is 1. The zero-order valence-electron chi connectivity index (χ0n) is 14.9. The van der Waals surface area contributed by atoms with E-state index in [0.29, 0.717) is 16.6 Å². The molecule has 2 N–H and O–H groups in total. The van der Waals surface area contributed by atoms with Crippen LogP contribution in [0.3, 0.4) is 0 Å². The number of aromatic nitrogens is 3. The molecule has 3 aromatic rings. The second kappa shape index (κ2) is 7.81. The molecule has 4 rings (SSSR count). The summed E-state index contributed by atoms with van der Waals surface area (Å²) in [6.07, 6.45) is 0.694. The molecule has 2 aromatic carbocycles. The minimum Gasteiger partial charge on any atom is -0.323 e. The van der Waals surface area contributed by atoms with Crippen LogP contribution in [-0.4, -0.2) is 26.0 Å². The van der Waals surface area contributed by atoms with Crippen molar-refractivity contribution < 1.29 is 9.18 Å². The fourth-order valence-electron chi connectivity index (χ4n) is 3.01. The Hall–Kier alpha value is -2.58. The molecule has 1 aromatic heterocycles. The van der Waals surface area contributed by atoms with Gasteiger partial charge in [-0.25, -0.2) is 9.07 Å². The van der Waals surface area contributed by atoms with Crippen molar-refractivity contribution in [1.29, 1.82) is 0 Å². The van der Waals surface area contributed by atoms with Gasteiger partial charge in [-0.2, -0.15) is 0 Å². The molecule has 1 aliphatic rings. The zero-order chi connectivity index (χ0) is 19.7. The number of amides is 1. The molecule has 0 spiro atoms. The molecule has 0 fully saturated rings. The average Bonchev–Trinajstić information content (AvgIpc) is 3.11. The number of carbonyl (C=O) groups is 1. The highest BCUT2D eigenvalue weighted by molar-refractivity contribution is 8.00. The topological polar surface area (TPSA) is 71.8 Å². The van der Waals surface area contributed by atoms with E-state index in [1.807, 2.05) is 19.1 Å². The highest BCUT2D eigenvalue weighted by Gasteiger charge is 2.37. The molecule has 9 heteroatoms. The summed E-state index contributed by atoms with van der Waals surface area (Å²) >= 11 is 7.31. The first kappa shape index (κ1) is 18.8. The van der Waals surface area contributed by atoms with E-state index >= 15 is 0 Å². The zero-order valence-corrected chi connectivity index (χ0v) is 16.5. The number of para-hydroxylation sites is 1. The van der Waals surface area contributed by atoms with Gasteiger partial charge >= 0.3 is 0 Å². The maximum absolute atomic E-state index is 14.0. The summed E-state index contributed by atoms with van der Waals surface area (Å²) in [6.45, 7) is 1.98. The first-order chi connectivity index (χ1) is 13.6. The average molecular weight is 418 g/mol. The molecule has 1 aliphatic heterocycles. The lowest BCUT2D eigenvalue weighted by Gasteiger charge is -2.33. The summed E-state index contributed by atoms with van der Waals surface area (Å²) in [5.74, 6) is -0.0339. The Morgan fingerprint density at radius 2 is 2.00 bits per heavy atom. The monoisotopic (exact) mass is 417 g/mol. The van der Waals surface area contributed by atoms with Crippen LogP contribution in [-0.2, 0) is 11.2 Å². The van der Waals surface area contributed by atoms with Crippen LogP contribution >= 0.6 is 23.4 Å². The first-order valence-corrected chi connectivity index (χ1v) is 10.0. The van der Waals surface area contributed by atoms with E-state index in [9.17, 15) is 9.18 Å². The van der Waals surface area contributed by atoms with Crippen molar-refractivity contribution in [3.05, 3.63) is 70.8 Å². The molecule has 144 valence electrons. The van der Waals surface area contributed by atoms with Crippen LogP contribution in [0.15, 0.2) is 53.7 Å². The standard InChI is InChI=1S/C19H17ClFN5OS/c1-2-15-23-24-19-26(15)25-16(11-7-9-12(20)10-8-11)17(28-19)18(27)22-14-6-4-3-5-13(14)21/h3-10,16-17,25H,2H2,1H3,(H,22,27)/t16-,17-/m0/s1. The maximum atomic E-state index is 14.0. The molecule has 2 heterocycles. The fourth-order valence-corrected chi connectivity index (χ4v) is 4.24. The minimum absolute atomic E-state index is 0.143. The van der Waals surface area contributed by atoms with E-state index < -0.39 is 11.1 Å². The van der Waals surface area contributed by atoms with Crippen molar-refractivity contribution >= 4 is 35.0 Å². The first-order valence-electron chi connectivity index (χ1n) is 8.75. The van der Waals surface area contributed by atoms with Crippen LogP contribution in [0.5, 0.6) is 0 Å². The van der Waals surface area contributed by atoms with Gasteiger partial charge in [0.25, 0.3) is 0 Å². The second-order valence-electron chi connectivity index (χ2n) is 6.25. The molecule has 0 bridgehead atoms. The number of fused-ring (bicyclic) bond motifs is 1. The largest absolute Gasteiger partial charge is 0.323 e. The van der Waals surface area contributed by atoms with E-state index in [1.54, 1.807) is 28.9 Å². The molecule has 0 saturated heterocycles. The summed E-state index contributed by atoms with van der Waals surface area (Å²) in [6, 6.07) is 13.0. The quantitative estimate of drug-likeness (QED) is 0.670. The van der Waals surface area contributed by atoms with Crippen LogP contribution < -0.4 is 10.7 Å². The van der Waals surface area contributed by atoms with Gasteiger partial charge in [0.05, 0.1) is 11.7 Å². The summed E-state index contributed by atoms with van der Waals surface area (Å²) < 4.78 is 15.8. The van der Waals surface area contributed by atoms with Gasteiger partial charge in [-0.15, -0.1) is 10.2 Å². The summed E-state index contributed by atoms with van der Waals surface area (Å²) in [7, 11) is 0. The Morgan fingerprint density at radius 1 is 1.25 bits per heavy atom. The number of nitrogens with zero attached hydrogens (tertiary/aromatic N) is 3. The van der Waals surface area contributed by atoms with Gasteiger partial charge in [-0.1, -0.05) is 54.6 Å². The van der Waals surface area contributed by atoms with E-state index in [2.05, 4.69) is 20.9 Å². The number of aryl methyl sites for hydroxylation is 1. The molecular weight excluding hydrogens is 401 g/mol. The van der Waals surface area contributed by atoms with Crippen LogP contribution in [0, 0.1) is 5.82 Å². The van der Waals surface area contributed by atoms with Gasteiger partial charge in [0, 0.05) is 11.4 Å². The number of nitrogens with one attached hydrogen (secondary N) is 2. The predicted octanol–water partition coefficient (Wildman–Crippen LogP) is 4.03. The van der Waals surface area contributed by atoms with Gasteiger partial charge in [-0.3, -0.25) is 4.79 Å². The summed E-state index contributed by atoms with van der Waals surface area (Å²) in [5.41, 5.74) is 4.36. The normalized spacial score (nSPS) is 18.2. The number of hydrogen-bond donors (Lipinski definition) is 2. The van der Waals surface area contributed by atoms with Crippen molar-refractivity contribution in [2.45, 2.75) is 29.8 Å². The number of carbonyl (C=O) groups excluding carboxylic acids is 1. The van der Waals surface area contributed by atoms with E-state index in [0.717, 1.165) is 11.4 Å². The third kappa shape index (κ3) is 3.57. The lowest BCUT2D eigenvalue weighted by molar-refractivity contribution is -0.116. The lowest BCUT2D eigenvalue weighted by Crippen LogP contribution is -2.41. The second-order valence-corrected chi connectivity index (χ2v) is 7.80. The lowest BCUT2D eigenvalue weighted by atomic mass is 10.0. The molecule has 0 radical (unpaired) electrons. The Kier molecular flexibility index (Phi) is 5.23. The number of halogens is 2. The molecule has 2 atom stereocenters. The van der Waals surface area contributed by atoms with Crippen LogP contribution in [0.1, 0.15) is 24.4 Å². The van der Waals surface area contributed by atoms with Crippen LogP contribution in [0.25, 0.3) is 0 Å². The Balaban J connectivity index is 1.68. The fraction of sp³-hybridized carbons (Fsp3) is 0.211. The van der Waals surface area contributed by atoms with Gasteiger partial charge in [0.2, 0.25) is 11.1 Å². The van der Waals surface area contributed by atoms with Crippen LogP contribution in [0.4, 0.5) is 10.1 Å². The molecule has 28 heavy (non-hydrogen) atoms. The van der Waals surface area contributed by atoms with Gasteiger partial charge in [-0.05, 0) is 29.8 Å². The summed E-state index contributed by atoms with van der Waals surface area (Å²) in [4.78, 5) is 13.0. The highest BCUT2D eigenvalue weighted by atomic mass is 35.5. The maximum Gasteiger partial charge on any atom is 0.240 e. The Morgan fingerprint density at radius 3 is 2.71 bits per heavy atom. The van der Waals surface area contributed by atoms with Crippen molar-refractivity contribution in [2.75, 3.05) is 10.7 Å². The van der Waals surface area contributed by atoms with E-state index in [4.69, 9.17) is 11.6 Å². The minimum atomic E-state index is -0.581. The van der Waals surface area contributed by atoms with E-state index in [1.165, 1.54) is 23.9 Å². The third-order valence-electron chi connectivity index (χ3n) is 4.44. The molecule has 0 aliphatic carbocycles. The highest BCUT2D eigenvalue weighted by Crippen LogP contribution is 2.38. The smallest absolute Gasteiger partial charge is 0.240 e. The van der Waals surface area contributed by atoms with Gasteiger partial charge < -0.3 is 10.7 Å². The van der Waals surface area contributed by atoms with Crippen molar-refractivity contribution in [2.24, 2.45) is 0 Å². The molecule has 0 unspecified atom stereocenters. The number of rotatable bonds is 4. The van der Waals surface area contributed by atoms with Crippen molar-refractivity contribution in [3.63, 3.8) is 0 Å². The predicted molar refractivity (Wildman–Crippen MR) is 108 cm³/mol. The Labute approximate surface area is 170 Å². The number of benzene rings is 2. The molecule has 6 nitrogen and oxygen atoms in total. The number of anilines is 1. The third-order valence-corrected chi connectivity index (χ3v) is 5.91. The number of hydrogen-bond acceptors (Lipinski definition) is 5. The van der Waals surface area contributed by atoms with Gasteiger partial charge in [0.1, 0.15) is 11.1 Å². The molecule has 1 amide bonds. The molecule has 0 saturated carbocycles. The van der Waals surface area contributed by atoms with Crippen molar-refractivity contribution in [1.82, 2.24) is 14.9 Å².